The molecule has 0 radical (unpaired) electrons. The molecule has 0 aliphatic carbocycles. The van der Waals surface area contributed by atoms with Crippen LogP contribution < -0.4 is 11.1 Å². The molecule has 0 atom stereocenters. The van der Waals surface area contributed by atoms with Gasteiger partial charge in [-0.05, 0) is 25.0 Å². The molecule has 7 nitrogen and oxygen atoms in total. The summed E-state index contributed by atoms with van der Waals surface area (Å²) in [6, 6.07) is 4.64. The summed E-state index contributed by atoms with van der Waals surface area (Å²) < 4.78 is 10.2. The normalized spacial score (nSPS) is 10.4. The van der Waals surface area contributed by atoms with Crippen molar-refractivity contribution in [2.75, 3.05) is 44.5 Å². The third-order valence-corrected chi connectivity index (χ3v) is 2.70. The summed E-state index contributed by atoms with van der Waals surface area (Å²) >= 11 is 0. The Morgan fingerprint density at radius 3 is 2.75 bits per heavy atom. The van der Waals surface area contributed by atoms with Gasteiger partial charge in [-0.2, -0.15) is 0 Å². The maximum Gasteiger partial charge on any atom is 0.292 e. The summed E-state index contributed by atoms with van der Waals surface area (Å²) in [6.07, 6.45) is 1.89. The fourth-order valence-corrected chi connectivity index (χ4v) is 1.64. The lowest BCUT2D eigenvalue weighted by atomic mass is 10.2. The Balaban J connectivity index is 2.19. The number of nitro groups is 1. The topological polar surface area (TPSA) is 99.6 Å². The van der Waals surface area contributed by atoms with Crippen molar-refractivity contribution in [3.8, 4) is 0 Å². The van der Waals surface area contributed by atoms with E-state index in [4.69, 9.17) is 15.2 Å². The zero-order valence-electron chi connectivity index (χ0n) is 11.6. The highest BCUT2D eigenvalue weighted by Gasteiger charge is 2.10. The Bertz CT molecular complexity index is 426. The van der Waals surface area contributed by atoms with Crippen LogP contribution in [-0.4, -0.2) is 38.4 Å². The van der Waals surface area contributed by atoms with Crippen LogP contribution in [0.5, 0.6) is 0 Å². The SMILES string of the molecule is COCCOCCCCNc1ccc([N+](=O)[O-])c(N)c1. The number of nitrogens with one attached hydrogen (secondary N) is 1. The van der Waals surface area contributed by atoms with Gasteiger partial charge in [0.2, 0.25) is 0 Å². The van der Waals surface area contributed by atoms with Gasteiger partial charge in [0.15, 0.2) is 0 Å². The molecule has 0 unspecified atom stereocenters. The third kappa shape index (κ3) is 5.85. The van der Waals surface area contributed by atoms with E-state index in [0.29, 0.717) is 19.8 Å². The molecule has 1 aromatic carbocycles. The minimum atomic E-state index is -0.490. The second-order valence-corrected chi connectivity index (χ2v) is 4.27. The number of benzene rings is 1. The van der Waals surface area contributed by atoms with E-state index in [1.54, 1.807) is 19.2 Å². The summed E-state index contributed by atoms with van der Waals surface area (Å²) in [4.78, 5) is 10.1. The van der Waals surface area contributed by atoms with E-state index in [2.05, 4.69) is 5.32 Å². The monoisotopic (exact) mass is 283 g/mol. The molecular formula is C13H21N3O4. The second-order valence-electron chi connectivity index (χ2n) is 4.27. The maximum absolute atomic E-state index is 10.6. The number of unbranched alkanes of at least 4 members (excludes halogenated alkanes) is 1. The molecule has 0 heterocycles. The lowest BCUT2D eigenvalue weighted by Crippen LogP contribution is -2.06. The number of rotatable bonds is 10. The number of nitro benzene ring substituents is 1. The molecule has 20 heavy (non-hydrogen) atoms. The van der Waals surface area contributed by atoms with Gasteiger partial charge in [-0.1, -0.05) is 0 Å². The highest BCUT2D eigenvalue weighted by Crippen LogP contribution is 2.24. The molecule has 0 fully saturated rings. The van der Waals surface area contributed by atoms with Crippen molar-refractivity contribution < 1.29 is 14.4 Å². The Morgan fingerprint density at radius 1 is 1.30 bits per heavy atom. The molecule has 0 aliphatic rings. The predicted molar refractivity (Wildman–Crippen MR) is 77.9 cm³/mol. The number of hydrogen-bond donors (Lipinski definition) is 2. The average Bonchev–Trinajstić information content (AvgIpc) is 2.41. The first-order valence-electron chi connectivity index (χ1n) is 6.49. The van der Waals surface area contributed by atoms with Crippen LogP contribution in [0.25, 0.3) is 0 Å². The van der Waals surface area contributed by atoms with Crippen molar-refractivity contribution in [3.05, 3.63) is 28.3 Å². The zero-order valence-corrected chi connectivity index (χ0v) is 11.6. The Morgan fingerprint density at radius 2 is 2.10 bits per heavy atom. The highest BCUT2D eigenvalue weighted by atomic mass is 16.6. The van der Waals surface area contributed by atoms with Gasteiger partial charge in [0.05, 0.1) is 18.1 Å². The van der Waals surface area contributed by atoms with Crippen molar-refractivity contribution in [3.63, 3.8) is 0 Å². The molecule has 0 aromatic heterocycles. The standard InChI is InChI=1S/C13H21N3O4/c1-19-8-9-20-7-3-2-6-15-11-4-5-13(16(17)18)12(14)10-11/h4-5,10,15H,2-3,6-9,14H2,1H3. The first-order chi connectivity index (χ1) is 9.65. The van der Waals surface area contributed by atoms with Crippen LogP contribution in [0.3, 0.4) is 0 Å². The molecule has 7 heteroatoms. The number of hydrogen-bond acceptors (Lipinski definition) is 6. The number of nitrogens with two attached hydrogens (primary N) is 1. The van der Waals surface area contributed by atoms with E-state index in [0.717, 1.165) is 25.1 Å². The van der Waals surface area contributed by atoms with Crippen LogP contribution in [0.15, 0.2) is 18.2 Å². The van der Waals surface area contributed by atoms with E-state index in [1.165, 1.54) is 6.07 Å². The van der Waals surface area contributed by atoms with Crippen molar-refractivity contribution in [2.24, 2.45) is 0 Å². The summed E-state index contributed by atoms with van der Waals surface area (Å²) in [7, 11) is 1.64. The lowest BCUT2D eigenvalue weighted by molar-refractivity contribution is -0.383. The van der Waals surface area contributed by atoms with E-state index >= 15 is 0 Å². The largest absolute Gasteiger partial charge is 0.393 e. The molecule has 3 N–H and O–H groups in total. The number of nitrogen functional groups attached to an aromatic ring is 1. The second kappa shape index (κ2) is 9.11. The molecule has 112 valence electrons. The molecule has 0 amide bonds. The van der Waals surface area contributed by atoms with Gasteiger partial charge < -0.3 is 20.5 Å². The van der Waals surface area contributed by atoms with Gasteiger partial charge >= 0.3 is 0 Å². The van der Waals surface area contributed by atoms with Crippen molar-refractivity contribution in [1.82, 2.24) is 0 Å². The molecule has 1 rings (SSSR count). The van der Waals surface area contributed by atoms with Crippen molar-refractivity contribution in [1.29, 1.82) is 0 Å². The van der Waals surface area contributed by atoms with Crippen LogP contribution >= 0.6 is 0 Å². The molecule has 0 saturated carbocycles. The Hall–Kier alpha value is -1.86. The van der Waals surface area contributed by atoms with Crippen LogP contribution in [0, 0.1) is 10.1 Å². The summed E-state index contributed by atoms with van der Waals surface area (Å²) in [6.45, 7) is 2.70. The number of nitrogens with zero attached hydrogens (tertiary/aromatic N) is 1. The van der Waals surface area contributed by atoms with E-state index in [9.17, 15) is 10.1 Å². The zero-order chi connectivity index (χ0) is 14.8. The van der Waals surface area contributed by atoms with E-state index in [1.807, 2.05) is 0 Å². The maximum atomic E-state index is 10.6. The fourth-order valence-electron chi connectivity index (χ4n) is 1.64. The Labute approximate surface area is 118 Å². The summed E-state index contributed by atoms with van der Waals surface area (Å²) in [5, 5.41) is 13.8. The van der Waals surface area contributed by atoms with Crippen LogP contribution in [0.4, 0.5) is 17.1 Å². The third-order valence-electron chi connectivity index (χ3n) is 2.70. The van der Waals surface area contributed by atoms with Crippen molar-refractivity contribution >= 4 is 17.1 Å². The minimum Gasteiger partial charge on any atom is -0.393 e. The van der Waals surface area contributed by atoms with Gasteiger partial charge in [0.25, 0.3) is 5.69 Å². The molecule has 0 bridgehead atoms. The minimum absolute atomic E-state index is 0.0675. The first-order valence-corrected chi connectivity index (χ1v) is 6.49. The number of ether oxygens (including phenoxy) is 2. The Kier molecular flexibility index (Phi) is 7.38. The predicted octanol–water partition coefficient (Wildman–Crippen LogP) is 2.03. The van der Waals surface area contributed by atoms with Gasteiger partial charge in [-0.25, -0.2) is 0 Å². The van der Waals surface area contributed by atoms with Crippen LogP contribution in [0.1, 0.15) is 12.8 Å². The first kappa shape index (κ1) is 16.2. The average molecular weight is 283 g/mol. The van der Waals surface area contributed by atoms with Crippen LogP contribution in [-0.2, 0) is 9.47 Å². The molecule has 0 spiro atoms. The molecule has 0 aliphatic heterocycles. The smallest absolute Gasteiger partial charge is 0.292 e. The van der Waals surface area contributed by atoms with Gasteiger partial charge in [-0.15, -0.1) is 0 Å². The highest BCUT2D eigenvalue weighted by molar-refractivity contribution is 5.65. The quantitative estimate of drug-likeness (QED) is 0.295. The van der Waals surface area contributed by atoms with Gasteiger partial charge in [0, 0.05) is 32.0 Å². The molecule has 0 saturated heterocycles. The van der Waals surface area contributed by atoms with Crippen molar-refractivity contribution in [2.45, 2.75) is 12.8 Å². The van der Waals surface area contributed by atoms with Gasteiger partial charge in [0.1, 0.15) is 5.69 Å². The van der Waals surface area contributed by atoms with Crippen LogP contribution in [0.2, 0.25) is 0 Å². The summed E-state index contributed by atoms with van der Waals surface area (Å²) in [5.41, 5.74) is 6.49. The summed E-state index contributed by atoms with van der Waals surface area (Å²) in [5.74, 6) is 0. The lowest BCUT2D eigenvalue weighted by Gasteiger charge is -2.07. The van der Waals surface area contributed by atoms with E-state index < -0.39 is 4.92 Å². The molecular weight excluding hydrogens is 262 g/mol. The number of methoxy groups -OCH3 is 1. The van der Waals surface area contributed by atoms with E-state index in [-0.39, 0.29) is 11.4 Å². The number of anilines is 2. The fraction of sp³-hybridized carbons (Fsp3) is 0.538. The van der Waals surface area contributed by atoms with Gasteiger partial charge in [-0.3, -0.25) is 10.1 Å². The molecule has 1 aromatic rings.